The summed E-state index contributed by atoms with van der Waals surface area (Å²) in [5.41, 5.74) is 11.2. The highest BCUT2D eigenvalue weighted by molar-refractivity contribution is 6.31. The van der Waals surface area contributed by atoms with Crippen LogP contribution in [0.5, 0.6) is 0 Å². The minimum absolute atomic E-state index is 0.139. The van der Waals surface area contributed by atoms with E-state index in [9.17, 15) is 0 Å². The Labute approximate surface area is 179 Å². The molecule has 16 nitrogen and oxygen atoms in total. The third-order valence-corrected chi connectivity index (χ3v) is 4.50. The molecule has 0 aromatic carbocycles. The zero-order valence-electron chi connectivity index (χ0n) is 16.2. The lowest BCUT2D eigenvalue weighted by Crippen LogP contribution is -2.34. The minimum Gasteiger partial charge on any atom is -0.319 e. The molecule has 0 amide bonds. The van der Waals surface area contributed by atoms with Crippen LogP contribution in [0, 0.1) is 0 Å². The number of nitrogens with two attached hydrogens (primary N) is 4. The minimum atomic E-state index is 0.139. The second kappa shape index (κ2) is 7.56. The summed E-state index contributed by atoms with van der Waals surface area (Å²) in [6.45, 7) is 0. The Balaban J connectivity index is 1.75. The molecule has 0 unspecified atom stereocenters. The fraction of sp³-hybridized carbons (Fsp3) is 0. The number of nitrogens with one attached hydrogen (secondary N) is 4. The molecule has 16 heteroatoms. The van der Waals surface area contributed by atoms with E-state index in [0.717, 1.165) is 0 Å². The summed E-state index contributed by atoms with van der Waals surface area (Å²) in [5, 5.41) is 0. The molecule has 8 bridgehead atoms. The lowest BCUT2D eigenvalue weighted by molar-refractivity contribution is 0.857. The summed E-state index contributed by atoms with van der Waals surface area (Å²) in [6, 6.07) is 0. The van der Waals surface area contributed by atoms with Crippen molar-refractivity contribution in [2.75, 3.05) is 0 Å². The van der Waals surface area contributed by atoms with Gasteiger partial charge >= 0.3 is 0 Å². The summed E-state index contributed by atoms with van der Waals surface area (Å²) in [7, 11) is 0. The van der Waals surface area contributed by atoms with Crippen LogP contribution in [-0.2, 0) is 0 Å². The molecule has 32 heavy (non-hydrogen) atoms. The van der Waals surface area contributed by atoms with Crippen LogP contribution in [0.3, 0.4) is 0 Å². The van der Waals surface area contributed by atoms with Crippen LogP contribution in [0.1, 0.15) is 0 Å². The van der Waals surface area contributed by atoms with Crippen molar-refractivity contribution in [3.63, 3.8) is 0 Å². The highest BCUT2D eigenvalue weighted by Crippen LogP contribution is 2.20. The van der Waals surface area contributed by atoms with Crippen molar-refractivity contribution in [1.29, 1.82) is 0 Å². The van der Waals surface area contributed by atoms with E-state index < -0.39 is 0 Å². The smallest absolute Gasteiger partial charge is 0.183 e. The number of hydrogen-bond acceptors (Lipinski definition) is 16. The molecule has 5 rings (SSSR count). The molecule has 0 saturated heterocycles. The average Bonchev–Trinajstić information content (AvgIpc) is 3.55. The van der Waals surface area contributed by atoms with Gasteiger partial charge in [0.2, 0.25) is 0 Å². The van der Waals surface area contributed by atoms with E-state index in [-0.39, 0.29) is 34.7 Å². The number of hydrazine groups is 4. The molecular formula is C16H16N16. The van der Waals surface area contributed by atoms with Gasteiger partial charge in [0.15, 0.2) is 46.7 Å². The van der Waals surface area contributed by atoms with Crippen molar-refractivity contribution in [3.05, 3.63) is 47.1 Å². The molecule has 5 aliphatic heterocycles. The zero-order chi connectivity index (χ0) is 22.2. The zero-order valence-corrected chi connectivity index (χ0v) is 16.2. The number of nitrogens with zero attached hydrogens (tertiary/aromatic N) is 8. The monoisotopic (exact) mass is 432 g/mol. The van der Waals surface area contributed by atoms with Crippen LogP contribution in [0.15, 0.2) is 87.0 Å². The van der Waals surface area contributed by atoms with E-state index in [0.29, 0.717) is 34.7 Å². The van der Waals surface area contributed by atoms with E-state index in [2.05, 4.69) is 61.6 Å². The summed E-state index contributed by atoms with van der Waals surface area (Å²) in [6.07, 6.45) is 6.72. The summed E-state index contributed by atoms with van der Waals surface area (Å²) >= 11 is 0. The topological polar surface area (TPSA) is 251 Å². The standard InChI is InChI=1S/C16H16N16/c17-29-9-11(31-19)15-26-13(9)24-7-3-1-5(22-7)21-6-2-4-8(23-6)25-14-10(30-18)12(32-20)16(27-14)28-15/h1-4,29-32H,17-20H2/b21-5-,21-6?,24-7?,24-13-,25-8-,25-14?,28-15?,28-16-. The highest BCUT2D eigenvalue weighted by Gasteiger charge is 2.30. The molecule has 160 valence electrons. The summed E-state index contributed by atoms with van der Waals surface area (Å²) in [5.74, 6) is 24.9. The molecule has 0 atom stereocenters. The molecule has 0 aromatic heterocycles. The maximum absolute atomic E-state index is 5.69. The van der Waals surface area contributed by atoms with Gasteiger partial charge < -0.3 is 21.7 Å². The van der Waals surface area contributed by atoms with Gasteiger partial charge in [-0.1, -0.05) is 0 Å². The van der Waals surface area contributed by atoms with E-state index in [4.69, 9.17) is 23.4 Å². The fourth-order valence-corrected chi connectivity index (χ4v) is 3.11. The Morgan fingerprint density at radius 2 is 0.656 bits per heavy atom. The SMILES string of the molecule is NNC1=C(NN)/C2=N/C3=NC(=N\C4=NC(=N\C5=NC(=N\C1=N2)/C(NN)=C5NN)/C=C4)/C=C3. The lowest BCUT2D eigenvalue weighted by atomic mass is 10.3. The number of aliphatic imine (C=N–C) groups is 8. The third kappa shape index (κ3) is 3.13. The second-order valence-electron chi connectivity index (χ2n) is 6.37. The Morgan fingerprint density at radius 3 is 1.03 bits per heavy atom. The van der Waals surface area contributed by atoms with Gasteiger partial charge in [-0.25, -0.2) is 39.9 Å². The number of fused-ring (bicyclic) bond motifs is 4. The van der Waals surface area contributed by atoms with E-state index >= 15 is 0 Å². The lowest BCUT2D eigenvalue weighted by Gasteiger charge is -2.07. The van der Waals surface area contributed by atoms with Crippen LogP contribution in [-0.4, -0.2) is 46.7 Å². The quantitative estimate of drug-likeness (QED) is 0.164. The number of rotatable bonds is 4. The summed E-state index contributed by atoms with van der Waals surface area (Å²) < 4.78 is 0. The molecule has 5 aliphatic rings. The van der Waals surface area contributed by atoms with Gasteiger partial charge in [-0.15, -0.1) is 0 Å². The van der Waals surface area contributed by atoms with Crippen LogP contribution in [0.2, 0.25) is 0 Å². The molecular weight excluding hydrogens is 416 g/mol. The molecule has 0 aliphatic carbocycles. The van der Waals surface area contributed by atoms with Gasteiger partial charge in [-0.2, -0.15) is 0 Å². The highest BCUT2D eigenvalue weighted by atomic mass is 15.3. The largest absolute Gasteiger partial charge is 0.319 e. The average molecular weight is 432 g/mol. The normalized spacial score (nSPS) is 27.4. The van der Waals surface area contributed by atoms with E-state index in [1.807, 2.05) is 0 Å². The predicted octanol–water partition coefficient (Wildman–Crippen LogP) is -3.37. The van der Waals surface area contributed by atoms with Gasteiger partial charge in [0.25, 0.3) is 0 Å². The van der Waals surface area contributed by atoms with Crippen molar-refractivity contribution < 1.29 is 0 Å². The van der Waals surface area contributed by atoms with Crippen molar-refractivity contribution in [1.82, 2.24) is 21.7 Å². The van der Waals surface area contributed by atoms with Crippen LogP contribution in [0.4, 0.5) is 0 Å². The molecule has 0 spiro atoms. The first-order valence-electron chi connectivity index (χ1n) is 9.05. The van der Waals surface area contributed by atoms with E-state index in [1.165, 1.54) is 0 Å². The Morgan fingerprint density at radius 1 is 0.375 bits per heavy atom. The second-order valence-corrected chi connectivity index (χ2v) is 6.37. The van der Waals surface area contributed by atoms with Gasteiger partial charge in [-0.05, 0) is 24.3 Å². The van der Waals surface area contributed by atoms with Crippen molar-refractivity contribution in [2.24, 2.45) is 63.3 Å². The molecule has 0 saturated carbocycles. The van der Waals surface area contributed by atoms with Gasteiger partial charge in [0.1, 0.15) is 22.8 Å². The van der Waals surface area contributed by atoms with Crippen LogP contribution < -0.4 is 45.1 Å². The molecule has 0 aromatic rings. The van der Waals surface area contributed by atoms with Gasteiger partial charge in [-0.3, -0.25) is 23.4 Å². The third-order valence-electron chi connectivity index (χ3n) is 4.50. The first-order chi connectivity index (χ1) is 15.6. The fourth-order valence-electron chi connectivity index (χ4n) is 3.11. The predicted molar refractivity (Wildman–Crippen MR) is 121 cm³/mol. The number of amidine groups is 8. The van der Waals surface area contributed by atoms with Gasteiger partial charge in [0.05, 0.1) is 0 Å². The van der Waals surface area contributed by atoms with E-state index in [1.54, 1.807) is 24.3 Å². The Kier molecular flexibility index (Phi) is 4.57. The molecule has 0 fully saturated rings. The first kappa shape index (κ1) is 19.3. The number of hydrogen-bond donors (Lipinski definition) is 8. The van der Waals surface area contributed by atoms with Crippen molar-refractivity contribution >= 4 is 46.7 Å². The van der Waals surface area contributed by atoms with Crippen molar-refractivity contribution in [3.8, 4) is 0 Å². The molecule has 0 radical (unpaired) electrons. The molecule has 5 heterocycles. The maximum Gasteiger partial charge on any atom is 0.183 e. The summed E-state index contributed by atoms with van der Waals surface area (Å²) in [4.78, 5) is 35.1. The van der Waals surface area contributed by atoms with Crippen LogP contribution >= 0.6 is 0 Å². The Bertz CT molecular complexity index is 1290. The van der Waals surface area contributed by atoms with Gasteiger partial charge in [0, 0.05) is 0 Å². The first-order valence-corrected chi connectivity index (χ1v) is 9.05. The maximum atomic E-state index is 5.69. The Hall–Kier alpha value is -4.64. The van der Waals surface area contributed by atoms with Crippen LogP contribution in [0.25, 0.3) is 0 Å². The molecule has 12 N–H and O–H groups in total. The van der Waals surface area contributed by atoms with Crippen molar-refractivity contribution in [2.45, 2.75) is 0 Å².